The average molecular weight is 394 g/mol. The fourth-order valence-electron chi connectivity index (χ4n) is 4.56. The lowest BCUT2D eigenvalue weighted by Gasteiger charge is -2.25. The van der Waals surface area contributed by atoms with E-state index in [9.17, 15) is 4.79 Å². The summed E-state index contributed by atoms with van der Waals surface area (Å²) >= 11 is 0. The number of benzene rings is 2. The highest BCUT2D eigenvalue weighted by Gasteiger charge is 2.21. The van der Waals surface area contributed by atoms with Gasteiger partial charge in [-0.1, -0.05) is 51.5 Å². The lowest BCUT2D eigenvalue weighted by molar-refractivity contribution is -0.125. The molecule has 0 fully saturated rings. The molecule has 2 atom stereocenters. The van der Waals surface area contributed by atoms with Crippen LogP contribution in [0.15, 0.2) is 24.3 Å². The molecule has 0 saturated carbocycles. The molecule has 29 heavy (non-hydrogen) atoms. The van der Waals surface area contributed by atoms with E-state index in [4.69, 9.17) is 0 Å². The first kappa shape index (κ1) is 23.2. The fraction of sp³-hybridized carbons (Fsp3) is 0.519. The maximum absolute atomic E-state index is 12.8. The average Bonchev–Trinajstić information content (AvgIpc) is 2.61. The summed E-state index contributed by atoms with van der Waals surface area (Å²) in [4.78, 5) is 12.8. The third kappa shape index (κ3) is 5.50. The van der Waals surface area contributed by atoms with Gasteiger partial charge in [-0.05, 0) is 98.4 Å². The van der Waals surface area contributed by atoms with Gasteiger partial charge in [-0.2, -0.15) is 0 Å². The minimum Gasteiger partial charge on any atom is -0.349 e. The van der Waals surface area contributed by atoms with E-state index in [1.807, 2.05) is 6.92 Å². The molecule has 0 bridgehead atoms. The number of carbonyl (C=O) groups excluding carboxylic acids is 1. The summed E-state index contributed by atoms with van der Waals surface area (Å²) in [5.74, 6) is 0.724. The number of hydrogen-bond donors (Lipinski definition) is 1. The highest BCUT2D eigenvalue weighted by atomic mass is 16.1. The Morgan fingerprint density at radius 1 is 0.897 bits per heavy atom. The van der Waals surface area contributed by atoms with Crippen molar-refractivity contribution < 1.29 is 4.79 Å². The van der Waals surface area contributed by atoms with E-state index in [0.717, 1.165) is 12.8 Å². The first-order chi connectivity index (χ1) is 13.5. The van der Waals surface area contributed by atoms with Crippen molar-refractivity contribution >= 4 is 5.91 Å². The maximum atomic E-state index is 12.8. The molecule has 2 aromatic carbocycles. The van der Waals surface area contributed by atoms with Crippen LogP contribution in [0.3, 0.4) is 0 Å². The molecule has 0 aliphatic rings. The van der Waals surface area contributed by atoms with Gasteiger partial charge in [0.2, 0.25) is 5.91 Å². The van der Waals surface area contributed by atoms with Crippen molar-refractivity contribution in [1.82, 2.24) is 5.32 Å². The minimum absolute atomic E-state index is 0.0372. The first-order valence-electron chi connectivity index (χ1n) is 11.0. The Morgan fingerprint density at radius 2 is 1.48 bits per heavy atom. The van der Waals surface area contributed by atoms with Gasteiger partial charge in [-0.15, -0.1) is 0 Å². The van der Waals surface area contributed by atoms with Crippen LogP contribution in [0.5, 0.6) is 0 Å². The quantitative estimate of drug-likeness (QED) is 0.532. The maximum Gasteiger partial charge on any atom is 0.223 e. The van der Waals surface area contributed by atoms with Gasteiger partial charge in [0, 0.05) is 5.92 Å². The smallest absolute Gasteiger partial charge is 0.223 e. The summed E-state index contributed by atoms with van der Waals surface area (Å²) in [6.07, 6.45) is 1.80. The van der Waals surface area contributed by atoms with Gasteiger partial charge in [0.15, 0.2) is 0 Å². The van der Waals surface area contributed by atoms with Crippen molar-refractivity contribution in [2.45, 2.75) is 81.2 Å². The second kappa shape index (κ2) is 9.61. The number of carbonyl (C=O) groups is 1. The van der Waals surface area contributed by atoms with Crippen LogP contribution in [0.4, 0.5) is 0 Å². The van der Waals surface area contributed by atoms with E-state index in [0.29, 0.717) is 5.92 Å². The molecule has 0 aliphatic heterocycles. The van der Waals surface area contributed by atoms with E-state index >= 15 is 0 Å². The molecular weight excluding hydrogens is 354 g/mol. The summed E-state index contributed by atoms with van der Waals surface area (Å²) in [6, 6.07) is 9.14. The van der Waals surface area contributed by atoms with Crippen molar-refractivity contribution in [2.75, 3.05) is 0 Å². The van der Waals surface area contributed by atoms with Crippen molar-refractivity contribution in [3.8, 4) is 11.1 Å². The molecule has 0 radical (unpaired) electrons. The molecule has 0 aliphatic carbocycles. The van der Waals surface area contributed by atoms with Gasteiger partial charge in [-0.3, -0.25) is 4.79 Å². The predicted molar refractivity (Wildman–Crippen MR) is 125 cm³/mol. The molecule has 2 rings (SSSR count). The first-order valence-corrected chi connectivity index (χ1v) is 11.0. The summed E-state index contributed by atoms with van der Waals surface area (Å²) in [7, 11) is 0. The van der Waals surface area contributed by atoms with E-state index in [1.165, 1.54) is 44.5 Å². The molecule has 0 aromatic heterocycles. The van der Waals surface area contributed by atoms with Crippen molar-refractivity contribution in [2.24, 2.45) is 11.8 Å². The van der Waals surface area contributed by atoms with Gasteiger partial charge < -0.3 is 5.32 Å². The lowest BCUT2D eigenvalue weighted by Crippen LogP contribution is -2.33. The van der Waals surface area contributed by atoms with Crippen LogP contribution >= 0.6 is 0 Å². The largest absolute Gasteiger partial charge is 0.349 e. The zero-order chi connectivity index (χ0) is 21.9. The molecule has 158 valence electrons. The van der Waals surface area contributed by atoms with Crippen molar-refractivity contribution in [3.05, 3.63) is 57.6 Å². The zero-order valence-corrected chi connectivity index (χ0v) is 19.9. The summed E-state index contributed by atoms with van der Waals surface area (Å²) < 4.78 is 0. The molecule has 2 nitrogen and oxygen atoms in total. The topological polar surface area (TPSA) is 29.1 Å². The van der Waals surface area contributed by atoms with Crippen LogP contribution in [0.25, 0.3) is 11.1 Å². The Labute approximate surface area is 178 Å². The van der Waals surface area contributed by atoms with E-state index in [2.05, 4.69) is 85.0 Å². The molecular formula is C27H39NO. The van der Waals surface area contributed by atoms with Crippen molar-refractivity contribution in [3.63, 3.8) is 0 Å². The van der Waals surface area contributed by atoms with Gasteiger partial charge >= 0.3 is 0 Å². The number of aryl methyl sites for hydroxylation is 4. The van der Waals surface area contributed by atoms with Crippen LogP contribution in [-0.2, 0) is 4.79 Å². The van der Waals surface area contributed by atoms with E-state index < -0.39 is 0 Å². The van der Waals surface area contributed by atoms with Crippen LogP contribution in [0.1, 0.15) is 80.0 Å². The van der Waals surface area contributed by atoms with Gasteiger partial charge in [0.05, 0.1) is 6.04 Å². The summed E-state index contributed by atoms with van der Waals surface area (Å²) in [5.41, 5.74) is 10.3. The molecule has 1 unspecified atom stereocenters. The number of nitrogens with one attached hydrogen (secondary N) is 1. The van der Waals surface area contributed by atoms with Gasteiger partial charge in [-0.25, -0.2) is 0 Å². The second-order valence-electron chi connectivity index (χ2n) is 9.28. The van der Waals surface area contributed by atoms with Crippen LogP contribution in [-0.4, -0.2) is 5.91 Å². The highest BCUT2D eigenvalue weighted by Crippen LogP contribution is 2.34. The number of hydrogen-bond acceptors (Lipinski definition) is 1. The fourth-order valence-corrected chi connectivity index (χ4v) is 4.56. The Bertz CT molecular complexity index is 855. The van der Waals surface area contributed by atoms with Gasteiger partial charge in [0.25, 0.3) is 0 Å². The SMILES string of the molecule is CCC(NC(=O)[C@@H](C)CC(C)C)c1cc(-c2c(C)cc(C)cc2C)cc(C)c1C. The normalized spacial score (nSPS) is 13.4. The van der Waals surface area contributed by atoms with Crippen LogP contribution < -0.4 is 5.32 Å². The van der Waals surface area contributed by atoms with Crippen LogP contribution in [0, 0.1) is 46.5 Å². The van der Waals surface area contributed by atoms with Crippen LogP contribution in [0.2, 0.25) is 0 Å². The molecule has 1 amide bonds. The standard InChI is InChI=1S/C27H39NO/c1-10-25(28-27(29)21(8)11-16(2)3)24-15-23(14-18(5)22(24)9)26-19(6)12-17(4)13-20(26)7/h12-16,21,25H,10-11H2,1-9H3,(H,28,29)/t21-,25?/m0/s1. The highest BCUT2D eigenvalue weighted by molar-refractivity contribution is 5.79. The third-order valence-corrected chi connectivity index (χ3v) is 6.05. The minimum atomic E-state index is 0.0372. The van der Waals surface area contributed by atoms with Crippen molar-refractivity contribution in [1.29, 1.82) is 0 Å². The number of rotatable bonds is 7. The van der Waals surface area contributed by atoms with Gasteiger partial charge in [0.1, 0.15) is 0 Å². The Morgan fingerprint density at radius 3 is 2.00 bits per heavy atom. The molecule has 2 heteroatoms. The Balaban J connectivity index is 2.46. The summed E-state index contributed by atoms with van der Waals surface area (Å²) in [5, 5.41) is 3.33. The Hall–Kier alpha value is -2.09. The predicted octanol–water partition coefficient (Wildman–Crippen LogP) is 7.15. The monoisotopic (exact) mass is 393 g/mol. The molecule has 1 N–H and O–H groups in total. The second-order valence-corrected chi connectivity index (χ2v) is 9.28. The molecule has 2 aromatic rings. The summed E-state index contributed by atoms with van der Waals surface area (Å²) in [6.45, 7) is 19.4. The molecule has 0 saturated heterocycles. The Kier molecular flexibility index (Phi) is 7.68. The molecule has 0 spiro atoms. The van der Waals surface area contributed by atoms with E-state index in [1.54, 1.807) is 0 Å². The third-order valence-electron chi connectivity index (χ3n) is 6.05. The lowest BCUT2D eigenvalue weighted by atomic mass is 9.87. The number of amides is 1. The van der Waals surface area contributed by atoms with E-state index in [-0.39, 0.29) is 17.9 Å². The molecule has 0 heterocycles. The zero-order valence-electron chi connectivity index (χ0n) is 19.9.